The molecule has 0 amide bonds. The Morgan fingerprint density at radius 3 is 1.50 bits per heavy atom. The maximum Gasteiger partial charge on any atom is 0.124 e. The van der Waals surface area contributed by atoms with Gasteiger partial charge in [-0.05, 0) is 170 Å². The van der Waals surface area contributed by atoms with Crippen LogP contribution in [0, 0.1) is 39.0 Å². The first kappa shape index (κ1) is 45.2. The Morgan fingerprint density at radius 1 is 0.603 bits per heavy atom. The Hall–Kier alpha value is -6.58. The minimum Gasteiger partial charge on any atom is -0.507 e. The molecule has 0 radical (unpaired) electrons. The third-order valence-corrected chi connectivity index (χ3v) is 15.4. The maximum atomic E-state index is 11.8. The normalized spacial score (nSPS) is 17.5. The zero-order valence-electron chi connectivity index (χ0n) is 39.7. The molecule has 0 saturated heterocycles. The summed E-state index contributed by atoms with van der Waals surface area (Å²) in [6.45, 7) is 15.8. The van der Waals surface area contributed by atoms with Gasteiger partial charge in [0.15, 0.2) is 0 Å². The molecule has 2 atom stereocenters. The summed E-state index contributed by atoms with van der Waals surface area (Å²) in [5, 5.41) is 23.1. The number of phenolic OH excluding ortho intramolecular Hbond substituents is 1. The highest BCUT2D eigenvalue weighted by molar-refractivity contribution is 8.00. The number of nitrogens with zero attached hydrogens (tertiary/aromatic N) is 4. The number of aliphatic imine (C=N–C) groups is 2. The number of hydrogen-bond donors (Lipinski definition) is 2. The van der Waals surface area contributed by atoms with E-state index < -0.39 is 5.60 Å². The van der Waals surface area contributed by atoms with Gasteiger partial charge < -0.3 is 20.0 Å². The van der Waals surface area contributed by atoms with Gasteiger partial charge in [0, 0.05) is 73.4 Å². The molecule has 10 rings (SSSR count). The number of para-hydroxylation sites is 4. The van der Waals surface area contributed by atoms with E-state index in [1.165, 1.54) is 42.3 Å². The SMILES string of the molecule is Cc1cc(N2c3ccccc3Sc3ccccc32)cc(C)c1C1=CC(C)(O)C(/C=N/CC(C)(C)C/N=C/c2ccc(-c3c(C)cc(N4c5ccccc5Sc5ccccc54)cc3C)cc2O)C=C1. The van der Waals surface area contributed by atoms with Crippen LogP contribution in [0.5, 0.6) is 5.75 Å². The van der Waals surface area contributed by atoms with Gasteiger partial charge in [0.1, 0.15) is 5.75 Å². The van der Waals surface area contributed by atoms with E-state index >= 15 is 0 Å². The predicted octanol–water partition coefficient (Wildman–Crippen LogP) is 15.7. The summed E-state index contributed by atoms with van der Waals surface area (Å²) in [5.74, 6) is -0.0841. The van der Waals surface area contributed by atoms with Crippen molar-refractivity contribution in [2.75, 3.05) is 22.9 Å². The molecule has 2 N–H and O–H groups in total. The van der Waals surface area contributed by atoms with Crippen molar-refractivity contribution >= 4 is 75.7 Å². The van der Waals surface area contributed by atoms with Crippen molar-refractivity contribution < 1.29 is 10.2 Å². The summed E-state index contributed by atoms with van der Waals surface area (Å²) in [6, 6.07) is 49.2. The van der Waals surface area contributed by atoms with E-state index in [2.05, 4.69) is 191 Å². The number of phenols is 1. The largest absolute Gasteiger partial charge is 0.507 e. The topological polar surface area (TPSA) is 71.7 Å². The highest BCUT2D eigenvalue weighted by Gasteiger charge is 2.32. The van der Waals surface area contributed by atoms with E-state index in [9.17, 15) is 10.2 Å². The van der Waals surface area contributed by atoms with Crippen molar-refractivity contribution in [3.63, 3.8) is 0 Å². The van der Waals surface area contributed by atoms with Crippen molar-refractivity contribution in [2.45, 2.75) is 73.6 Å². The average molecular weight is 929 g/mol. The zero-order chi connectivity index (χ0) is 47.3. The molecule has 68 heavy (non-hydrogen) atoms. The fraction of sp³-hybridized carbons (Fsp3) is 0.200. The van der Waals surface area contributed by atoms with Gasteiger partial charge in [-0.25, -0.2) is 0 Å². The first-order chi connectivity index (χ1) is 32.7. The van der Waals surface area contributed by atoms with Gasteiger partial charge >= 0.3 is 0 Å². The Bertz CT molecular complexity index is 3100. The average Bonchev–Trinajstić information content (AvgIpc) is 3.30. The van der Waals surface area contributed by atoms with Gasteiger partial charge in [0.2, 0.25) is 0 Å². The summed E-state index contributed by atoms with van der Waals surface area (Å²) < 4.78 is 0. The number of rotatable bonds is 10. The van der Waals surface area contributed by atoms with Crippen molar-refractivity contribution in [2.24, 2.45) is 21.3 Å². The Labute approximate surface area is 409 Å². The Balaban J connectivity index is 0.792. The van der Waals surface area contributed by atoms with Crippen LogP contribution < -0.4 is 9.80 Å². The highest BCUT2D eigenvalue weighted by atomic mass is 32.2. The molecular weight excluding hydrogens is 873 g/mol. The molecular formula is C60H56N4O2S2. The van der Waals surface area contributed by atoms with E-state index in [-0.39, 0.29) is 17.1 Å². The molecule has 7 aromatic rings. The van der Waals surface area contributed by atoms with Gasteiger partial charge in [-0.1, -0.05) is 104 Å². The lowest BCUT2D eigenvalue weighted by Gasteiger charge is -2.34. The van der Waals surface area contributed by atoms with E-state index in [1.807, 2.05) is 54.9 Å². The van der Waals surface area contributed by atoms with E-state index in [1.54, 1.807) is 6.21 Å². The summed E-state index contributed by atoms with van der Waals surface area (Å²) in [4.78, 5) is 19.3. The van der Waals surface area contributed by atoms with E-state index in [4.69, 9.17) is 9.98 Å². The lowest BCUT2D eigenvalue weighted by Crippen LogP contribution is -2.34. The van der Waals surface area contributed by atoms with Crippen LogP contribution in [0.1, 0.15) is 54.2 Å². The van der Waals surface area contributed by atoms with Gasteiger partial charge in [0.25, 0.3) is 0 Å². The molecule has 2 unspecified atom stereocenters. The fourth-order valence-corrected chi connectivity index (χ4v) is 12.0. The minimum absolute atomic E-state index is 0.193. The number of anilines is 6. The number of hydrogen-bond acceptors (Lipinski definition) is 8. The van der Waals surface area contributed by atoms with Gasteiger partial charge in [-0.2, -0.15) is 0 Å². The molecule has 7 aromatic carbocycles. The summed E-state index contributed by atoms with van der Waals surface area (Å²) in [5.41, 5.74) is 15.1. The van der Waals surface area contributed by atoms with E-state index in [0.29, 0.717) is 18.7 Å². The van der Waals surface area contributed by atoms with Crippen molar-refractivity contribution in [1.29, 1.82) is 0 Å². The van der Waals surface area contributed by atoms with E-state index in [0.717, 1.165) is 55.9 Å². The predicted molar refractivity (Wildman–Crippen MR) is 287 cm³/mol. The second kappa shape index (κ2) is 18.1. The van der Waals surface area contributed by atoms with Gasteiger partial charge in [-0.3, -0.25) is 9.98 Å². The third-order valence-electron chi connectivity index (χ3n) is 13.2. The van der Waals surface area contributed by atoms with Crippen LogP contribution in [-0.4, -0.2) is 41.3 Å². The standard InChI is InChI=1S/C60H56N4O2S2/c1-38-28-46(63-48-16-8-12-20-53(48)67-54-21-13-9-17-49(54)63)29-39(2)57(38)42-24-25-44(52(65)32-42)34-61-36-59(5,6)37-62-35-45-27-26-43(33-60(45,7)66)58-40(3)30-47(31-41(58)4)64-50-18-10-14-22-55(50)68-56-23-15-11-19-51(56)64/h8-35,45,65-66H,36-37H2,1-7H3/b61-34+,62-35+. The summed E-state index contributed by atoms with van der Waals surface area (Å²) in [6.07, 6.45) is 9.83. The molecule has 3 aliphatic rings. The molecule has 6 nitrogen and oxygen atoms in total. The number of allylic oxidation sites excluding steroid dienone is 2. The van der Waals surface area contributed by atoms with Gasteiger partial charge in [0.05, 0.1) is 28.4 Å². The smallest absolute Gasteiger partial charge is 0.124 e. The molecule has 0 fully saturated rings. The lowest BCUT2D eigenvalue weighted by molar-refractivity contribution is 0.0928. The Kier molecular flexibility index (Phi) is 12.1. The van der Waals surface area contributed by atoms with Gasteiger partial charge in [-0.15, -0.1) is 0 Å². The molecule has 2 aliphatic heterocycles. The van der Waals surface area contributed by atoms with Crippen LogP contribution >= 0.6 is 23.5 Å². The second-order valence-corrected chi connectivity index (χ2v) is 21.4. The van der Waals surface area contributed by atoms with Crippen LogP contribution in [0.2, 0.25) is 0 Å². The Morgan fingerprint density at radius 2 is 1.04 bits per heavy atom. The zero-order valence-corrected chi connectivity index (χ0v) is 41.3. The minimum atomic E-state index is -1.12. The molecule has 2 heterocycles. The number of aromatic hydroxyl groups is 1. The first-order valence-electron chi connectivity index (χ1n) is 23.3. The quantitative estimate of drug-likeness (QED) is 0.133. The monoisotopic (exact) mass is 928 g/mol. The summed E-state index contributed by atoms with van der Waals surface area (Å²) in [7, 11) is 0. The number of aliphatic hydroxyl groups is 1. The van der Waals surface area contributed by atoms with Crippen LogP contribution in [0.25, 0.3) is 16.7 Å². The molecule has 0 aromatic heterocycles. The first-order valence-corrected chi connectivity index (χ1v) is 24.9. The molecule has 0 bridgehead atoms. The molecule has 8 heteroatoms. The molecule has 0 saturated carbocycles. The number of benzene rings is 7. The number of fused-ring (bicyclic) bond motifs is 4. The lowest BCUT2D eigenvalue weighted by atomic mass is 9.80. The van der Waals surface area contributed by atoms with Crippen molar-refractivity contribution in [1.82, 2.24) is 0 Å². The maximum absolute atomic E-state index is 11.8. The fourth-order valence-electron chi connectivity index (χ4n) is 9.90. The van der Waals surface area contributed by atoms with Crippen LogP contribution in [0.15, 0.2) is 187 Å². The van der Waals surface area contributed by atoms with Crippen molar-refractivity contribution in [3.8, 4) is 16.9 Å². The van der Waals surface area contributed by atoms with Crippen molar-refractivity contribution in [3.05, 3.63) is 191 Å². The summed E-state index contributed by atoms with van der Waals surface area (Å²) >= 11 is 3.62. The molecule has 0 spiro atoms. The van der Waals surface area contributed by atoms with Crippen LogP contribution in [0.3, 0.4) is 0 Å². The highest BCUT2D eigenvalue weighted by Crippen LogP contribution is 2.53. The molecule has 340 valence electrons. The second-order valence-electron chi connectivity index (χ2n) is 19.3. The third kappa shape index (κ3) is 8.73. The molecule has 1 aliphatic carbocycles. The number of aryl methyl sites for hydroxylation is 4. The van der Waals surface area contributed by atoms with Crippen LogP contribution in [-0.2, 0) is 0 Å². The van der Waals surface area contributed by atoms with Crippen LogP contribution in [0.4, 0.5) is 34.1 Å².